The van der Waals surface area contributed by atoms with Crippen molar-refractivity contribution in [3.8, 4) is 0 Å². The largest absolute Gasteiger partial charge is 0.385 e. The number of aromatic nitrogens is 2. The minimum absolute atomic E-state index is 0.155. The molecule has 2 rings (SSSR count). The van der Waals surface area contributed by atoms with Crippen molar-refractivity contribution >= 4 is 11.7 Å². The zero-order valence-electron chi connectivity index (χ0n) is 16.6. The van der Waals surface area contributed by atoms with Crippen molar-refractivity contribution in [2.45, 2.75) is 44.3 Å². The van der Waals surface area contributed by atoms with Crippen molar-refractivity contribution in [2.24, 2.45) is 17.8 Å². The Labute approximate surface area is 165 Å². The summed E-state index contributed by atoms with van der Waals surface area (Å²) in [4.78, 5) is 15.5. The highest BCUT2D eigenvalue weighted by Crippen LogP contribution is 2.48. The Kier molecular flexibility index (Phi) is 5.78. The topological polar surface area (TPSA) is 85.3 Å². The summed E-state index contributed by atoms with van der Waals surface area (Å²) in [6.45, 7) is 6.70. The lowest BCUT2D eigenvalue weighted by Gasteiger charge is -2.42. The summed E-state index contributed by atoms with van der Waals surface area (Å²) in [6.07, 6.45) is 2.38. The monoisotopic (exact) mass is 413 g/mol. The van der Waals surface area contributed by atoms with Crippen LogP contribution in [0.1, 0.15) is 37.7 Å². The molecule has 0 spiro atoms. The van der Waals surface area contributed by atoms with Crippen LogP contribution in [-0.2, 0) is 7.05 Å². The van der Waals surface area contributed by atoms with Crippen LogP contribution in [0.5, 0.6) is 0 Å². The fourth-order valence-electron chi connectivity index (χ4n) is 2.76. The predicted octanol–water partition coefficient (Wildman–Crippen LogP) is 3.35. The number of halogens is 4. The maximum absolute atomic E-state index is 14.6. The number of hydrogen-bond acceptors (Lipinski definition) is 4. The summed E-state index contributed by atoms with van der Waals surface area (Å²) < 4.78 is 59.3. The first-order valence-corrected chi connectivity index (χ1v) is 8.67. The Balaban J connectivity index is 2.22. The number of hydrogen-bond donors (Lipinski definition) is 2. The summed E-state index contributed by atoms with van der Waals surface area (Å²) >= 11 is 0. The number of aliphatic imine (C=N–C) groups is 1. The van der Waals surface area contributed by atoms with Gasteiger partial charge >= 0.3 is 0 Å². The Bertz CT molecular complexity index is 929. The highest BCUT2D eigenvalue weighted by molar-refractivity contribution is 5.93. The third-order valence-electron chi connectivity index (χ3n) is 4.76. The van der Waals surface area contributed by atoms with Gasteiger partial charge in [-0.25, -0.2) is 17.6 Å². The molecule has 0 aromatic carbocycles. The van der Waals surface area contributed by atoms with E-state index in [1.165, 1.54) is 23.7 Å². The predicted molar refractivity (Wildman–Crippen MR) is 102 cm³/mol. The van der Waals surface area contributed by atoms with Crippen molar-refractivity contribution in [1.82, 2.24) is 15.1 Å². The molecule has 1 aliphatic rings. The second-order valence-corrected chi connectivity index (χ2v) is 7.32. The molecule has 3 N–H and O–H groups in total. The Morgan fingerprint density at radius 2 is 1.97 bits per heavy atom. The van der Waals surface area contributed by atoms with E-state index in [0.717, 1.165) is 19.9 Å². The fraction of sp³-hybridized carbons (Fsp3) is 0.421. The van der Waals surface area contributed by atoms with Gasteiger partial charge in [0.1, 0.15) is 17.4 Å². The molecule has 0 bridgehead atoms. The highest BCUT2D eigenvalue weighted by atomic mass is 19.3. The van der Waals surface area contributed by atoms with Crippen molar-refractivity contribution in [2.75, 3.05) is 0 Å². The summed E-state index contributed by atoms with van der Waals surface area (Å²) in [6, 6.07) is 1.49. The zero-order valence-corrected chi connectivity index (χ0v) is 16.6. The Morgan fingerprint density at radius 3 is 2.52 bits per heavy atom. The molecule has 29 heavy (non-hydrogen) atoms. The number of aryl methyl sites for hydroxylation is 1. The number of nitrogens with zero attached hydrogens (tertiary/aromatic N) is 3. The molecule has 2 heterocycles. The van der Waals surface area contributed by atoms with Gasteiger partial charge in [0, 0.05) is 24.5 Å². The standard InChI is InChI=1S/C19H23F4N5O/c1-11(25-15(29)14-8-9-28(5)27-14)6-7-13(20)12(2)18(4)19(22,23)10-17(3,21)16(24)26-18/h6-9H,2,10H2,1,3-5H3,(H2,24,26)(H,25,29)/b11-6+,13-7+/t17-,18-/m1/s1. The van der Waals surface area contributed by atoms with E-state index >= 15 is 0 Å². The van der Waals surface area contributed by atoms with Gasteiger partial charge < -0.3 is 11.1 Å². The molecule has 1 aromatic heterocycles. The summed E-state index contributed by atoms with van der Waals surface area (Å²) in [7, 11) is 1.64. The number of nitrogens with two attached hydrogens (primary N) is 1. The van der Waals surface area contributed by atoms with E-state index in [1.807, 2.05) is 0 Å². The number of nitrogens with one attached hydrogen (secondary N) is 1. The molecule has 0 saturated heterocycles. The first-order valence-electron chi connectivity index (χ1n) is 8.67. The second kappa shape index (κ2) is 7.49. The summed E-state index contributed by atoms with van der Waals surface area (Å²) in [5, 5.41) is 6.41. The maximum atomic E-state index is 14.6. The quantitative estimate of drug-likeness (QED) is 0.574. The first-order chi connectivity index (χ1) is 13.2. The van der Waals surface area contributed by atoms with E-state index in [-0.39, 0.29) is 11.4 Å². The summed E-state index contributed by atoms with van der Waals surface area (Å²) in [5.74, 6) is -5.97. The number of rotatable bonds is 5. The minimum atomic E-state index is -3.71. The number of alkyl halides is 3. The van der Waals surface area contributed by atoms with Gasteiger partial charge in [0.05, 0.1) is 6.42 Å². The van der Waals surface area contributed by atoms with Crippen LogP contribution in [-0.4, -0.2) is 38.7 Å². The number of amidine groups is 1. The van der Waals surface area contributed by atoms with Crippen LogP contribution in [0.4, 0.5) is 17.6 Å². The Morgan fingerprint density at radius 1 is 1.34 bits per heavy atom. The maximum Gasteiger partial charge on any atom is 0.280 e. The normalized spacial score (nSPS) is 27.4. The van der Waals surface area contributed by atoms with Crippen LogP contribution < -0.4 is 11.1 Å². The molecule has 0 fully saturated rings. The van der Waals surface area contributed by atoms with Crippen LogP contribution in [0, 0.1) is 0 Å². The van der Waals surface area contributed by atoms with Crippen LogP contribution in [0.15, 0.2) is 53.1 Å². The fourth-order valence-corrected chi connectivity index (χ4v) is 2.76. The molecular weight excluding hydrogens is 390 g/mol. The van der Waals surface area contributed by atoms with Crippen molar-refractivity contribution in [1.29, 1.82) is 0 Å². The second-order valence-electron chi connectivity index (χ2n) is 7.32. The lowest BCUT2D eigenvalue weighted by atomic mass is 9.77. The van der Waals surface area contributed by atoms with E-state index in [1.54, 1.807) is 13.2 Å². The SMILES string of the molecule is C=C(/C(F)=C\C=C(/C)NC(=O)c1ccn(C)n1)[C@@]1(C)N=C(N)[C@](C)(F)CC1(F)F. The van der Waals surface area contributed by atoms with Gasteiger partial charge in [0.2, 0.25) is 0 Å². The van der Waals surface area contributed by atoms with Gasteiger partial charge in [-0.1, -0.05) is 6.58 Å². The molecule has 0 saturated carbocycles. The lowest BCUT2D eigenvalue weighted by molar-refractivity contribution is -0.0896. The molecule has 0 radical (unpaired) electrons. The molecule has 158 valence electrons. The van der Waals surface area contributed by atoms with Gasteiger partial charge in [0.15, 0.2) is 11.2 Å². The van der Waals surface area contributed by atoms with E-state index < -0.39 is 46.7 Å². The Hall–Kier alpha value is -2.91. The zero-order chi connectivity index (χ0) is 22.2. The molecule has 1 aliphatic heterocycles. The third-order valence-corrected chi connectivity index (χ3v) is 4.76. The number of allylic oxidation sites excluding steroid dienone is 3. The molecule has 10 heteroatoms. The third kappa shape index (κ3) is 4.41. The number of carbonyl (C=O) groups excluding carboxylic acids is 1. The average Bonchev–Trinajstić information content (AvgIpc) is 3.03. The number of amides is 1. The van der Waals surface area contributed by atoms with Gasteiger partial charge in [-0.2, -0.15) is 5.10 Å². The molecule has 6 nitrogen and oxygen atoms in total. The molecule has 0 aliphatic carbocycles. The van der Waals surface area contributed by atoms with Gasteiger partial charge in [-0.3, -0.25) is 14.5 Å². The molecule has 1 aromatic rings. The summed E-state index contributed by atoms with van der Waals surface area (Å²) in [5.41, 5.74) is 0.269. The van der Waals surface area contributed by atoms with Crippen LogP contribution in [0.25, 0.3) is 0 Å². The number of carbonyl (C=O) groups is 1. The van der Waals surface area contributed by atoms with Crippen molar-refractivity contribution < 1.29 is 22.4 Å². The van der Waals surface area contributed by atoms with Crippen LogP contribution in [0.3, 0.4) is 0 Å². The molecule has 2 atom stereocenters. The molecule has 1 amide bonds. The minimum Gasteiger partial charge on any atom is -0.385 e. The average molecular weight is 413 g/mol. The van der Waals surface area contributed by atoms with Gasteiger partial charge in [-0.05, 0) is 39.0 Å². The van der Waals surface area contributed by atoms with Crippen molar-refractivity contribution in [3.05, 3.63) is 53.8 Å². The highest BCUT2D eigenvalue weighted by Gasteiger charge is 2.60. The van der Waals surface area contributed by atoms with Crippen molar-refractivity contribution in [3.63, 3.8) is 0 Å². The smallest absolute Gasteiger partial charge is 0.280 e. The van der Waals surface area contributed by atoms with Crippen LogP contribution >= 0.6 is 0 Å². The van der Waals surface area contributed by atoms with E-state index in [0.29, 0.717) is 0 Å². The lowest BCUT2D eigenvalue weighted by Crippen LogP contribution is -2.58. The first kappa shape index (κ1) is 22.4. The van der Waals surface area contributed by atoms with Crippen LogP contribution in [0.2, 0.25) is 0 Å². The van der Waals surface area contributed by atoms with Gasteiger partial charge in [0.25, 0.3) is 11.8 Å². The molecule has 0 unspecified atom stereocenters. The van der Waals surface area contributed by atoms with E-state index in [4.69, 9.17) is 5.73 Å². The molecular formula is C19H23F4N5O. The van der Waals surface area contributed by atoms with E-state index in [2.05, 4.69) is 22.0 Å². The van der Waals surface area contributed by atoms with E-state index in [9.17, 15) is 22.4 Å². The van der Waals surface area contributed by atoms with Gasteiger partial charge in [-0.15, -0.1) is 0 Å².